The number of aromatic amines is 1. The molecule has 0 unspecified atom stereocenters. The van der Waals surface area contributed by atoms with Crippen LogP contribution in [0, 0.1) is 6.92 Å². The van der Waals surface area contributed by atoms with E-state index in [9.17, 15) is 18.3 Å². The summed E-state index contributed by atoms with van der Waals surface area (Å²) in [4.78, 5) is 20.8. The third-order valence-electron chi connectivity index (χ3n) is 7.16. The standard InChI is InChI=1S/C31H41N5O5S/c1-4-6-7-11-16-28-32-23(3)29-31(38)33-30(34-36(28)29)26-21-25(17-18-27(26)41-5-2)42(39,40)35(19-12-13-20-37)22-24-14-9-8-10-15-24/h8-10,14-15,17-18,21,37H,4-7,11-13,16,19-20,22H2,1-3H3,(H,33,34,38). The minimum absolute atomic E-state index is 0.0117. The molecular formula is C31H41N5O5S. The number of nitrogens with one attached hydrogen (secondary N) is 1. The number of hydrogen-bond donors (Lipinski definition) is 2. The number of aliphatic hydroxyl groups is 1. The number of unbranched alkanes of at least 4 members (excludes halogenated alkanes) is 4. The Morgan fingerprint density at radius 2 is 1.81 bits per heavy atom. The molecule has 0 amide bonds. The second kappa shape index (κ2) is 14.6. The minimum atomic E-state index is -3.96. The van der Waals surface area contributed by atoms with Crippen LogP contribution in [0.3, 0.4) is 0 Å². The van der Waals surface area contributed by atoms with Crippen molar-refractivity contribution in [3.8, 4) is 17.1 Å². The summed E-state index contributed by atoms with van der Waals surface area (Å²) in [6.45, 7) is 6.55. The van der Waals surface area contributed by atoms with E-state index in [1.807, 2.05) is 37.3 Å². The number of H-pyrrole nitrogens is 1. The van der Waals surface area contributed by atoms with Crippen molar-refractivity contribution >= 4 is 15.5 Å². The quantitative estimate of drug-likeness (QED) is 0.177. The normalized spacial score (nSPS) is 11.9. The lowest BCUT2D eigenvalue weighted by atomic mass is 10.1. The molecule has 0 fully saturated rings. The highest BCUT2D eigenvalue weighted by Gasteiger charge is 2.27. The average molecular weight is 596 g/mol. The Labute approximate surface area is 247 Å². The summed E-state index contributed by atoms with van der Waals surface area (Å²) in [6, 6.07) is 14.0. The van der Waals surface area contributed by atoms with Crippen molar-refractivity contribution in [1.29, 1.82) is 0 Å². The Kier molecular flexibility index (Phi) is 10.9. The molecule has 2 heterocycles. The number of benzene rings is 2. The van der Waals surface area contributed by atoms with Crippen LogP contribution in [0.1, 0.15) is 69.5 Å². The summed E-state index contributed by atoms with van der Waals surface area (Å²) in [7, 11) is -3.96. The van der Waals surface area contributed by atoms with Crippen molar-refractivity contribution in [3.63, 3.8) is 0 Å². The molecule has 2 N–H and O–H groups in total. The van der Waals surface area contributed by atoms with Gasteiger partial charge in [-0.25, -0.2) is 17.9 Å². The third-order valence-corrected chi connectivity index (χ3v) is 9.00. The van der Waals surface area contributed by atoms with E-state index in [0.717, 1.165) is 31.2 Å². The molecule has 4 rings (SSSR count). The molecule has 0 saturated carbocycles. The number of sulfonamides is 1. The Morgan fingerprint density at radius 3 is 2.52 bits per heavy atom. The van der Waals surface area contributed by atoms with Crippen molar-refractivity contribution in [1.82, 2.24) is 23.9 Å². The van der Waals surface area contributed by atoms with Gasteiger partial charge in [-0.3, -0.25) is 4.79 Å². The van der Waals surface area contributed by atoms with Gasteiger partial charge in [-0.05, 0) is 56.9 Å². The number of hydrogen-bond acceptors (Lipinski definition) is 7. The van der Waals surface area contributed by atoms with Gasteiger partial charge in [-0.15, -0.1) is 5.10 Å². The number of rotatable bonds is 16. The van der Waals surface area contributed by atoms with Crippen LogP contribution >= 0.6 is 0 Å². The molecule has 11 heteroatoms. The van der Waals surface area contributed by atoms with Crippen LogP contribution < -0.4 is 10.3 Å². The van der Waals surface area contributed by atoms with Gasteiger partial charge in [0.2, 0.25) is 10.0 Å². The number of fused-ring (bicyclic) bond motifs is 1. The number of aryl methyl sites for hydroxylation is 2. The van der Waals surface area contributed by atoms with Gasteiger partial charge in [0.05, 0.1) is 22.8 Å². The maximum atomic E-state index is 14.0. The van der Waals surface area contributed by atoms with E-state index in [1.165, 1.54) is 16.4 Å². The zero-order valence-electron chi connectivity index (χ0n) is 24.7. The average Bonchev–Trinajstić information content (AvgIpc) is 3.31. The summed E-state index contributed by atoms with van der Waals surface area (Å²) < 4.78 is 36.9. The van der Waals surface area contributed by atoms with E-state index in [-0.39, 0.29) is 36.0 Å². The Balaban J connectivity index is 1.78. The molecule has 0 saturated heterocycles. The highest BCUT2D eigenvalue weighted by Crippen LogP contribution is 2.32. The molecular weight excluding hydrogens is 554 g/mol. The molecule has 226 valence electrons. The molecule has 4 aromatic rings. The fraction of sp³-hybridized carbons (Fsp3) is 0.452. The monoisotopic (exact) mass is 595 g/mol. The molecule has 2 aromatic heterocycles. The molecule has 2 aromatic carbocycles. The topological polar surface area (TPSA) is 130 Å². The summed E-state index contributed by atoms with van der Waals surface area (Å²) in [6.07, 6.45) is 5.92. The van der Waals surface area contributed by atoms with E-state index >= 15 is 0 Å². The highest BCUT2D eigenvalue weighted by atomic mass is 32.2. The van der Waals surface area contributed by atoms with Crippen LogP contribution in [0.15, 0.2) is 58.2 Å². The van der Waals surface area contributed by atoms with Gasteiger partial charge in [0, 0.05) is 26.1 Å². The van der Waals surface area contributed by atoms with Gasteiger partial charge < -0.3 is 14.8 Å². The van der Waals surface area contributed by atoms with Crippen molar-refractivity contribution in [2.75, 3.05) is 19.8 Å². The number of aromatic nitrogens is 4. The van der Waals surface area contributed by atoms with E-state index < -0.39 is 10.0 Å². The Bertz CT molecular complexity index is 1630. The SMILES string of the molecule is CCCCCCc1nc(C)c2c(=O)[nH]c(-c3cc(S(=O)(=O)N(CCCCO)Cc4ccccc4)ccc3OCC)nn12. The molecule has 10 nitrogen and oxygen atoms in total. The van der Waals surface area contributed by atoms with Crippen LogP contribution in [0.25, 0.3) is 16.9 Å². The van der Waals surface area contributed by atoms with Crippen LogP contribution in [0.4, 0.5) is 0 Å². The Morgan fingerprint density at radius 1 is 1.02 bits per heavy atom. The van der Waals surface area contributed by atoms with Crippen molar-refractivity contribution in [2.45, 2.75) is 77.2 Å². The van der Waals surface area contributed by atoms with E-state index in [4.69, 9.17) is 9.84 Å². The highest BCUT2D eigenvalue weighted by molar-refractivity contribution is 7.89. The number of aliphatic hydroxyl groups excluding tert-OH is 1. The molecule has 0 atom stereocenters. The predicted molar refractivity (Wildman–Crippen MR) is 163 cm³/mol. The maximum absolute atomic E-state index is 14.0. The maximum Gasteiger partial charge on any atom is 0.277 e. The van der Waals surface area contributed by atoms with Crippen LogP contribution in [0.2, 0.25) is 0 Å². The lowest BCUT2D eigenvalue weighted by Crippen LogP contribution is -2.32. The lowest BCUT2D eigenvalue weighted by molar-refractivity contribution is 0.275. The fourth-order valence-electron chi connectivity index (χ4n) is 4.99. The molecule has 0 radical (unpaired) electrons. The van der Waals surface area contributed by atoms with Crippen LogP contribution in [-0.4, -0.2) is 57.2 Å². The van der Waals surface area contributed by atoms with Crippen LogP contribution in [-0.2, 0) is 23.0 Å². The minimum Gasteiger partial charge on any atom is -0.493 e. The van der Waals surface area contributed by atoms with Gasteiger partial charge in [-0.1, -0.05) is 56.5 Å². The van der Waals surface area contributed by atoms with Crippen molar-refractivity contribution < 1.29 is 18.3 Å². The third kappa shape index (κ3) is 7.26. The van der Waals surface area contributed by atoms with Crippen molar-refractivity contribution in [2.24, 2.45) is 0 Å². The summed E-state index contributed by atoms with van der Waals surface area (Å²) >= 11 is 0. The van der Waals surface area contributed by atoms with Crippen molar-refractivity contribution in [3.05, 3.63) is 76.0 Å². The Hall–Kier alpha value is -3.54. The molecule has 0 aliphatic heterocycles. The number of nitrogens with zero attached hydrogens (tertiary/aromatic N) is 4. The smallest absolute Gasteiger partial charge is 0.277 e. The van der Waals surface area contributed by atoms with E-state index in [1.54, 1.807) is 17.5 Å². The predicted octanol–water partition coefficient (Wildman–Crippen LogP) is 4.88. The first kappa shape index (κ1) is 31.4. The zero-order valence-corrected chi connectivity index (χ0v) is 25.5. The van der Waals surface area contributed by atoms with Crippen LogP contribution in [0.5, 0.6) is 5.75 Å². The van der Waals surface area contributed by atoms with Gasteiger partial charge >= 0.3 is 0 Å². The number of ether oxygens (including phenoxy) is 1. The molecule has 42 heavy (non-hydrogen) atoms. The zero-order chi connectivity index (χ0) is 30.1. The molecule has 0 spiro atoms. The molecule has 0 aliphatic rings. The van der Waals surface area contributed by atoms with Gasteiger partial charge in [0.15, 0.2) is 11.3 Å². The second-order valence-corrected chi connectivity index (χ2v) is 12.3. The lowest BCUT2D eigenvalue weighted by Gasteiger charge is -2.23. The molecule has 0 aliphatic carbocycles. The first-order valence-corrected chi connectivity index (χ1v) is 16.1. The van der Waals surface area contributed by atoms with Gasteiger partial charge in [0.25, 0.3) is 5.56 Å². The molecule has 0 bridgehead atoms. The first-order chi connectivity index (χ1) is 20.3. The number of imidazole rings is 1. The fourth-order valence-corrected chi connectivity index (χ4v) is 6.48. The largest absolute Gasteiger partial charge is 0.493 e. The summed E-state index contributed by atoms with van der Waals surface area (Å²) in [5, 5.41) is 14.0. The summed E-state index contributed by atoms with van der Waals surface area (Å²) in [5.41, 5.74) is 1.85. The van der Waals surface area contributed by atoms with Gasteiger partial charge in [-0.2, -0.15) is 4.31 Å². The van der Waals surface area contributed by atoms with Gasteiger partial charge in [0.1, 0.15) is 11.6 Å². The summed E-state index contributed by atoms with van der Waals surface area (Å²) in [5.74, 6) is 1.32. The van der Waals surface area contributed by atoms with E-state index in [0.29, 0.717) is 54.2 Å². The van der Waals surface area contributed by atoms with E-state index in [2.05, 4.69) is 16.9 Å². The first-order valence-electron chi connectivity index (χ1n) is 14.7. The second-order valence-electron chi connectivity index (χ2n) is 10.3.